The van der Waals surface area contributed by atoms with E-state index >= 15 is 0 Å². The molecule has 0 radical (unpaired) electrons. The molecule has 4 rings (SSSR count). The lowest BCUT2D eigenvalue weighted by Gasteiger charge is -2.46. The minimum Gasteiger partial charge on any atom is -0.360 e. The second kappa shape index (κ2) is 8.28. The van der Waals surface area contributed by atoms with E-state index in [9.17, 15) is 4.79 Å². The van der Waals surface area contributed by atoms with Crippen molar-refractivity contribution >= 4 is 45.9 Å². The van der Waals surface area contributed by atoms with Crippen LogP contribution < -0.4 is 10.2 Å². The number of amides is 1. The van der Waals surface area contributed by atoms with E-state index in [1.54, 1.807) is 0 Å². The second-order valence-corrected chi connectivity index (χ2v) is 10.5. The van der Waals surface area contributed by atoms with Gasteiger partial charge in [-0.2, -0.15) is 0 Å². The van der Waals surface area contributed by atoms with Crippen molar-refractivity contribution in [3.8, 4) is 0 Å². The highest BCUT2D eigenvalue weighted by atomic mass is 32.2. The summed E-state index contributed by atoms with van der Waals surface area (Å²) >= 11 is 1.39. The van der Waals surface area contributed by atoms with Gasteiger partial charge in [0.2, 0.25) is 0 Å². The van der Waals surface area contributed by atoms with Crippen molar-refractivity contribution in [3.63, 3.8) is 0 Å². The van der Waals surface area contributed by atoms with Crippen molar-refractivity contribution in [2.45, 2.75) is 60.0 Å². The van der Waals surface area contributed by atoms with Gasteiger partial charge in [-0.25, -0.2) is 4.99 Å². The van der Waals surface area contributed by atoms with Crippen LogP contribution in [0.25, 0.3) is 11.6 Å². The molecule has 0 atom stereocenters. The van der Waals surface area contributed by atoms with Gasteiger partial charge in [0.25, 0.3) is 5.91 Å². The number of benzene rings is 2. The molecule has 1 saturated heterocycles. The van der Waals surface area contributed by atoms with E-state index in [0.29, 0.717) is 16.1 Å². The fourth-order valence-corrected chi connectivity index (χ4v) is 5.61. The molecule has 4 nitrogen and oxygen atoms in total. The van der Waals surface area contributed by atoms with Crippen molar-refractivity contribution in [2.24, 2.45) is 4.99 Å². The van der Waals surface area contributed by atoms with Crippen LogP contribution in [0, 0.1) is 13.8 Å². The maximum atomic E-state index is 12.6. The van der Waals surface area contributed by atoms with Gasteiger partial charge in [0, 0.05) is 17.3 Å². The Morgan fingerprint density at radius 2 is 1.84 bits per heavy atom. The first kappa shape index (κ1) is 22.4. The monoisotopic (exact) mass is 445 g/mol. The molecule has 2 aromatic rings. The number of nitrogens with one attached hydrogen (secondary N) is 1. The number of hydrogen-bond donors (Lipinski definition) is 1. The van der Waals surface area contributed by atoms with Crippen LogP contribution in [0.1, 0.15) is 56.9 Å². The van der Waals surface area contributed by atoms with Crippen LogP contribution in [0.4, 0.5) is 11.4 Å². The standard InChI is InChI=1S/C27H31N3OS/c1-16(2)30-23-11-9-20(13-21(23)19(5)15-27(30,6)7)14-24-25(31)29-26(32-24)28-22-10-8-17(3)12-18(22)4/h8-16H,1-7H3,(H,28,29,31)/b24-14-. The van der Waals surface area contributed by atoms with E-state index in [0.717, 1.165) is 16.8 Å². The Labute approximate surface area is 195 Å². The van der Waals surface area contributed by atoms with Crippen LogP contribution in [-0.4, -0.2) is 22.7 Å². The Hall–Kier alpha value is -2.79. The quantitative estimate of drug-likeness (QED) is 0.541. The Balaban J connectivity index is 1.64. The summed E-state index contributed by atoms with van der Waals surface area (Å²) in [6, 6.07) is 13.0. The zero-order valence-electron chi connectivity index (χ0n) is 19.9. The second-order valence-electron chi connectivity index (χ2n) is 9.49. The molecule has 2 heterocycles. The van der Waals surface area contributed by atoms with Gasteiger partial charge in [-0.05, 0) is 101 Å². The summed E-state index contributed by atoms with van der Waals surface area (Å²) in [5.74, 6) is -0.103. The number of aliphatic imine (C=N–C) groups is 1. The molecule has 0 saturated carbocycles. The van der Waals surface area contributed by atoms with Crippen molar-refractivity contribution in [2.75, 3.05) is 4.90 Å². The number of nitrogens with zero attached hydrogens (tertiary/aromatic N) is 2. The van der Waals surface area contributed by atoms with Gasteiger partial charge in [0.15, 0.2) is 5.17 Å². The van der Waals surface area contributed by atoms with Gasteiger partial charge in [-0.3, -0.25) is 4.79 Å². The molecule has 0 aromatic heterocycles. The number of hydrogen-bond acceptors (Lipinski definition) is 4. The molecular weight excluding hydrogens is 414 g/mol. The summed E-state index contributed by atoms with van der Waals surface area (Å²) in [5, 5.41) is 3.52. The Bertz CT molecular complexity index is 1190. The lowest BCUT2D eigenvalue weighted by Crippen LogP contribution is -2.49. The predicted molar refractivity (Wildman–Crippen MR) is 139 cm³/mol. The maximum absolute atomic E-state index is 12.6. The minimum absolute atomic E-state index is 0.0358. The zero-order valence-corrected chi connectivity index (χ0v) is 20.7. The number of carbonyl (C=O) groups is 1. The zero-order chi connectivity index (χ0) is 23.2. The smallest absolute Gasteiger partial charge is 0.264 e. The fraction of sp³-hybridized carbons (Fsp3) is 0.333. The normalized spacial score (nSPS) is 20.1. The molecule has 0 unspecified atom stereocenters. The van der Waals surface area contributed by atoms with E-state index in [4.69, 9.17) is 0 Å². The summed E-state index contributed by atoms with van der Waals surface area (Å²) in [4.78, 5) is 20.4. The first-order valence-electron chi connectivity index (χ1n) is 11.1. The number of anilines is 1. The molecule has 0 aliphatic carbocycles. The highest BCUT2D eigenvalue weighted by Crippen LogP contribution is 2.41. The van der Waals surface area contributed by atoms with Gasteiger partial charge in [-0.1, -0.05) is 29.8 Å². The van der Waals surface area contributed by atoms with Crippen molar-refractivity contribution in [1.29, 1.82) is 0 Å². The molecule has 2 aliphatic heterocycles. The van der Waals surface area contributed by atoms with Crippen molar-refractivity contribution < 1.29 is 4.79 Å². The molecule has 2 aromatic carbocycles. The number of rotatable bonds is 3. The molecule has 1 fully saturated rings. The molecule has 1 N–H and O–H groups in total. The average Bonchev–Trinajstić information content (AvgIpc) is 3.02. The summed E-state index contributed by atoms with van der Waals surface area (Å²) in [7, 11) is 0. The van der Waals surface area contributed by atoms with Crippen LogP contribution in [0.3, 0.4) is 0 Å². The van der Waals surface area contributed by atoms with Gasteiger partial charge >= 0.3 is 0 Å². The number of carbonyl (C=O) groups excluding carboxylic acids is 1. The van der Waals surface area contributed by atoms with Crippen LogP contribution in [0.2, 0.25) is 0 Å². The Morgan fingerprint density at radius 1 is 1.09 bits per heavy atom. The predicted octanol–water partition coefficient (Wildman–Crippen LogP) is 6.61. The van der Waals surface area contributed by atoms with E-state index < -0.39 is 0 Å². The molecule has 166 valence electrons. The van der Waals surface area contributed by atoms with Crippen molar-refractivity contribution in [3.05, 3.63) is 69.6 Å². The van der Waals surface area contributed by atoms with E-state index in [-0.39, 0.29) is 11.4 Å². The first-order valence-corrected chi connectivity index (χ1v) is 11.9. The van der Waals surface area contributed by atoms with Gasteiger partial charge in [-0.15, -0.1) is 0 Å². The summed E-state index contributed by atoms with van der Waals surface area (Å²) < 4.78 is 0. The number of thioether (sulfide) groups is 1. The number of aryl methyl sites for hydroxylation is 2. The molecule has 1 amide bonds. The van der Waals surface area contributed by atoms with E-state index in [2.05, 4.69) is 87.1 Å². The van der Waals surface area contributed by atoms with E-state index in [1.807, 2.05) is 25.1 Å². The molecule has 0 spiro atoms. The summed E-state index contributed by atoms with van der Waals surface area (Å²) in [6.07, 6.45) is 4.29. The highest BCUT2D eigenvalue weighted by Gasteiger charge is 2.33. The lowest BCUT2D eigenvalue weighted by molar-refractivity contribution is -0.115. The first-order chi connectivity index (χ1) is 15.0. The molecule has 0 bridgehead atoms. The molecule has 32 heavy (non-hydrogen) atoms. The Kier molecular flexibility index (Phi) is 5.80. The molecule has 5 heteroatoms. The van der Waals surface area contributed by atoms with E-state index in [1.165, 1.54) is 34.1 Å². The van der Waals surface area contributed by atoms with Gasteiger partial charge in [0.05, 0.1) is 16.1 Å². The average molecular weight is 446 g/mol. The summed E-state index contributed by atoms with van der Waals surface area (Å²) in [6.45, 7) is 15.2. The lowest BCUT2D eigenvalue weighted by atomic mass is 9.87. The minimum atomic E-state index is -0.103. The number of allylic oxidation sites excluding steroid dienone is 1. The third kappa shape index (κ3) is 4.26. The Morgan fingerprint density at radius 3 is 2.53 bits per heavy atom. The highest BCUT2D eigenvalue weighted by molar-refractivity contribution is 8.18. The number of amidine groups is 1. The third-order valence-electron chi connectivity index (χ3n) is 5.93. The number of fused-ring (bicyclic) bond motifs is 1. The van der Waals surface area contributed by atoms with Crippen LogP contribution in [0.15, 0.2) is 52.4 Å². The molecular formula is C27H31N3OS. The largest absolute Gasteiger partial charge is 0.360 e. The van der Waals surface area contributed by atoms with Crippen LogP contribution in [-0.2, 0) is 4.79 Å². The molecule has 2 aliphatic rings. The van der Waals surface area contributed by atoms with Crippen molar-refractivity contribution in [1.82, 2.24) is 5.32 Å². The van der Waals surface area contributed by atoms with Gasteiger partial charge in [0.1, 0.15) is 0 Å². The summed E-state index contributed by atoms with van der Waals surface area (Å²) in [5.41, 5.74) is 7.89. The third-order valence-corrected chi connectivity index (χ3v) is 6.84. The topological polar surface area (TPSA) is 44.7 Å². The van der Waals surface area contributed by atoms with Gasteiger partial charge < -0.3 is 10.2 Å². The van der Waals surface area contributed by atoms with Crippen LogP contribution >= 0.6 is 11.8 Å². The van der Waals surface area contributed by atoms with Crippen LogP contribution in [0.5, 0.6) is 0 Å². The fourth-order valence-electron chi connectivity index (χ4n) is 4.77. The maximum Gasteiger partial charge on any atom is 0.264 e. The SMILES string of the molecule is CC1=CC(C)(C)N(C(C)C)c2ccc(/C=C3\SC(=Nc4ccc(C)cc4C)NC3=O)cc21.